The van der Waals surface area contributed by atoms with Crippen molar-refractivity contribution >= 4 is 11.0 Å². The minimum atomic E-state index is -0.319. The van der Waals surface area contributed by atoms with Gasteiger partial charge in [0.15, 0.2) is 5.65 Å². The number of hydrogen-bond donors (Lipinski definition) is 2. The molecule has 5 rings (SSSR count). The second kappa shape index (κ2) is 9.79. The van der Waals surface area contributed by atoms with Crippen LogP contribution in [0.4, 0.5) is 4.39 Å². The summed E-state index contributed by atoms with van der Waals surface area (Å²) in [5, 5.41) is 13.8. The maximum Gasteiger partial charge on any atom is 0.267 e. The van der Waals surface area contributed by atoms with E-state index in [0.29, 0.717) is 51.6 Å². The van der Waals surface area contributed by atoms with Crippen molar-refractivity contribution in [1.29, 1.82) is 0 Å². The van der Waals surface area contributed by atoms with Crippen LogP contribution in [0.5, 0.6) is 5.75 Å². The molecule has 0 saturated carbocycles. The fourth-order valence-corrected chi connectivity index (χ4v) is 5.14. The van der Waals surface area contributed by atoms with Gasteiger partial charge in [0.1, 0.15) is 17.9 Å². The number of aryl methyl sites for hydroxylation is 2. The number of aromatic hydroxyl groups is 1. The quantitative estimate of drug-likeness (QED) is 0.426. The number of nitrogens with zero attached hydrogens (tertiary/aromatic N) is 4. The van der Waals surface area contributed by atoms with Crippen LogP contribution in [0.2, 0.25) is 0 Å². The molecule has 0 amide bonds. The van der Waals surface area contributed by atoms with Gasteiger partial charge in [-0.25, -0.2) is 14.4 Å². The highest BCUT2D eigenvalue weighted by Crippen LogP contribution is 2.32. The normalized spacial score (nSPS) is 15.8. The molecular formula is C28H30FN5O2. The molecule has 36 heavy (non-hydrogen) atoms. The molecule has 0 spiro atoms. The van der Waals surface area contributed by atoms with Gasteiger partial charge in [-0.1, -0.05) is 17.7 Å². The van der Waals surface area contributed by atoms with Crippen molar-refractivity contribution in [2.45, 2.75) is 39.3 Å². The molecule has 2 aromatic carbocycles. The van der Waals surface area contributed by atoms with Crippen molar-refractivity contribution in [1.82, 2.24) is 24.8 Å². The molecule has 0 unspecified atom stereocenters. The second-order valence-electron chi connectivity index (χ2n) is 9.72. The molecular weight excluding hydrogens is 457 g/mol. The first-order valence-electron chi connectivity index (χ1n) is 12.2. The van der Waals surface area contributed by atoms with Crippen LogP contribution in [-0.4, -0.2) is 50.7 Å². The number of pyridine rings is 1. The monoisotopic (exact) mass is 487 g/mol. The highest BCUT2D eigenvalue weighted by atomic mass is 19.1. The molecule has 2 aromatic heterocycles. The lowest BCUT2D eigenvalue weighted by molar-refractivity contribution is 0.294. The second-order valence-corrected chi connectivity index (χ2v) is 9.72. The van der Waals surface area contributed by atoms with Crippen LogP contribution in [0, 0.1) is 19.7 Å². The first kappa shape index (κ1) is 24.1. The zero-order chi connectivity index (χ0) is 25.4. The summed E-state index contributed by atoms with van der Waals surface area (Å²) in [6, 6.07) is 10.4. The van der Waals surface area contributed by atoms with Crippen molar-refractivity contribution in [3.05, 3.63) is 81.8 Å². The van der Waals surface area contributed by atoms with E-state index >= 15 is 4.39 Å². The van der Waals surface area contributed by atoms with Gasteiger partial charge in [-0.2, -0.15) is 0 Å². The molecule has 1 saturated heterocycles. The number of nitrogens with one attached hydrogen (secondary N) is 1. The van der Waals surface area contributed by atoms with Gasteiger partial charge >= 0.3 is 0 Å². The Balaban J connectivity index is 1.73. The van der Waals surface area contributed by atoms with Crippen molar-refractivity contribution in [2.24, 2.45) is 0 Å². The summed E-state index contributed by atoms with van der Waals surface area (Å²) < 4.78 is 16.8. The molecule has 1 aliphatic heterocycles. The lowest BCUT2D eigenvalue weighted by Gasteiger charge is -2.23. The number of hydrogen-bond acceptors (Lipinski definition) is 6. The molecule has 1 fully saturated rings. The predicted molar refractivity (Wildman–Crippen MR) is 139 cm³/mol. The summed E-state index contributed by atoms with van der Waals surface area (Å²) in [6.45, 7) is 5.92. The van der Waals surface area contributed by atoms with E-state index in [-0.39, 0.29) is 17.1 Å². The Bertz CT molecular complexity index is 1490. The maximum atomic E-state index is 15.4. The molecule has 0 radical (unpaired) electrons. The Morgan fingerprint density at radius 2 is 2.03 bits per heavy atom. The molecule has 186 valence electrons. The third-order valence-corrected chi connectivity index (χ3v) is 6.81. The molecule has 0 bridgehead atoms. The summed E-state index contributed by atoms with van der Waals surface area (Å²) in [5.74, 6) is -0.270. The molecule has 3 heterocycles. The SMILES string of the molecule is Cc1cc(C)c(F)c(-c2cnc3ncn(-c4cccc(O)c4)c(=O)c3c2CN(C)C[C@@H]2CCCN2)c1. The summed E-state index contributed by atoms with van der Waals surface area (Å²) >= 11 is 0. The summed E-state index contributed by atoms with van der Waals surface area (Å²) in [7, 11) is 2.01. The van der Waals surface area contributed by atoms with E-state index in [9.17, 15) is 9.90 Å². The van der Waals surface area contributed by atoms with Gasteiger partial charge in [-0.3, -0.25) is 9.36 Å². The number of benzene rings is 2. The Hall–Kier alpha value is -3.62. The largest absolute Gasteiger partial charge is 0.508 e. The number of rotatable bonds is 6. The van der Waals surface area contributed by atoms with Crippen molar-refractivity contribution in [3.8, 4) is 22.6 Å². The lowest BCUT2D eigenvalue weighted by atomic mass is 9.95. The number of halogens is 1. The number of phenols is 1. The van der Waals surface area contributed by atoms with Crippen LogP contribution < -0.4 is 10.9 Å². The van der Waals surface area contributed by atoms with E-state index in [2.05, 4.69) is 20.2 Å². The van der Waals surface area contributed by atoms with Gasteiger partial charge in [-0.05, 0) is 69.6 Å². The van der Waals surface area contributed by atoms with Gasteiger partial charge in [0.2, 0.25) is 0 Å². The smallest absolute Gasteiger partial charge is 0.267 e. The molecule has 7 nitrogen and oxygen atoms in total. The summed E-state index contributed by atoms with van der Waals surface area (Å²) in [5.41, 5.74) is 3.68. The molecule has 1 atom stereocenters. The Kier molecular flexibility index (Phi) is 6.55. The Morgan fingerprint density at radius 1 is 1.19 bits per heavy atom. The van der Waals surface area contributed by atoms with Gasteiger partial charge in [0.05, 0.1) is 11.1 Å². The molecule has 0 aliphatic carbocycles. The highest BCUT2D eigenvalue weighted by Gasteiger charge is 2.22. The van der Waals surface area contributed by atoms with E-state index in [0.717, 1.165) is 31.5 Å². The fourth-order valence-electron chi connectivity index (χ4n) is 5.14. The number of fused-ring (bicyclic) bond motifs is 1. The molecule has 4 aromatic rings. The zero-order valence-electron chi connectivity index (χ0n) is 20.8. The zero-order valence-corrected chi connectivity index (χ0v) is 20.8. The van der Waals surface area contributed by atoms with Crippen LogP contribution in [0.15, 0.2) is 53.7 Å². The number of phenolic OH excluding ortho intramolecular Hbond substituents is 1. The van der Waals surface area contributed by atoms with Crippen LogP contribution in [0.3, 0.4) is 0 Å². The number of aromatic nitrogens is 3. The topological polar surface area (TPSA) is 83.3 Å². The van der Waals surface area contributed by atoms with Crippen LogP contribution in [-0.2, 0) is 6.54 Å². The third kappa shape index (κ3) is 4.62. The molecule has 2 N–H and O–H groups in total. The summed E-state index contributed by atoms with van der Waals surface area (Å²) in [6.07, 6.45) is 5.29. The van der Waals surface area contributed by atoms with Crippen molar-refractivity contribution in [3.63, 3.8) is 0 Å². The average molecular weight is 488 g/mol. The lowest BCUT2D eigenvalue weighted by Crippen LogP contribution is -2.35. The van der Waals surface area contributed by atoms with Gasteiger partial charge in [-0.15, -0.1) is 0 Å². The molecule has 1 aliphatic rings. The first-order chi connectivity index (χ1) is 17.3. The van der Waals surface area contributed by atoms with Gasteiger partial charge in [0, 0.05) is 42.5 Å². The van der Waals surface area contributed by atoms with Crippen LogP contribution >= 0.6 is 0 Å². The van der Waals surface area contributed by atoms with Crippen LogP contribution in [0.25, 0.3) is 27.8 Å². The highest BCUT2D eigenvalue weighted by molar-refractivity contribution is 5.86. The first-order valence-corrected chi connectivity index (χ1v) is 12.2. The Labute approximate surface area is 209 Å². The molecule has 8 heteroatoms. The Morgan fingerprint density at radius 3 is 2.78 bits per heavy atom. The van der Waals surface area contributed by atoms with Gasteiger partial charge in [0.25, 0.3) is 5.56 Å². The predicted octanol–water partition coefficient (Wildman–Crippen LogP) is 4.09. The standard InChI is InChI=1S/C28H30FN5O2/c1-17-10-18(2)26(29)22(11-17)23-13-31-27-25(24(23)15-33(3)14-19-6-5-9-30-19)28(36)34(16-32-27)20-7-4-8-21(35)12-20/h4,7-8,10-13,16,19,30,35H,5-6,9,14-15H2,1-3H3/t19-/m0/s1. The number of likely N-dealkylation sites (N-methyl/N-ethyl adjacent to an activating group) is 1. The third-order valence-electron chi connectivity index (χ3n) is 6.81. The maximum absolute atomic E-state index is 15.4. The average Bonchev–Trinajstić information content (AvgIpc) is 3.34. The van der Waals surface area contributed by atoms with E-state index < -0.39 is 0 Å². The van der Waals surface area contributed by atoms with E-state index in [4.69, 9.17) is 0 Å². The fraction of sp³-hybridized carbons (Fsp3) is 0.321. The van der Waals surface area contributed by atoms with E-state index in [1.807, 2.05) is 14.0 Å². The van der Waals surface area contributed by atoms with E-state index in [1.165, 1.54) is 17.0 Å². The van der Waals surface area contributed by atoms with E-state index in [1.54, 1.807) is 43.5 Å². The van der Waals surface area contributed by atoms with Crippen LogP contribution in [0.1, 0.15) is 29.5 Å². The minimum absolute atomic E-state index is 0.0488. The summed E-state index contributed by atoms with van der Waals surface area (Å²) in [4.78, 5) is 25.0. The minimum Gasteiger partial charge on any atom is -0.508 e. The van der Waals surface area contributed by atoms with Crippen molar-refractivity contribution in [2.75, 3.05) is 20.1 Å². The van der Waals surface area contributed by atoms with Crippen molar-refractivity contribution < 1.29 is 9.50 Å². The van der Waals surface area contributed by atoms with Gasteiger partial charge < -0.3 is 15.3 Å².